The van der Waals surface area contributed by atoms with Crippen LogP contribution in [0.25, 0.3) is 0 Å². The van der Waals surface area contributed by atoms with Crippen molar-refractivity contribution in [1.29, 1.82) is 0 Å². The average Bonchev–Trinajstić information content (AvgIpc) is 1.99. The van der Waals surface area contributed by atoms with E-state index in [1.54, 1.807) is 0 Å². The molecular weight excluding hydrogens is 192 g/mol. The van der Waals surface area contributed by atoms with E-state index in [9.17, 15) is 0 Å². The fraction of sp³-hybridized carbons (Fsp3) is 1.00. The Morgan fingerprint density at radius 3 is 2.00 bits per heavy atom. The van der Waals surface area contributed by atoms with E-state index in [4.69, 9.17) is 4.43 Å². The molecule has 0 spiro atoms. The van der Waals surface area contributed by atoms with Gasteiger partial charge in [0.05, 0.1) is 0 Å². The van der Waals surface area contributed by atoms with Crippen molar-refractivity contribution in [3.8, 4) is 0 Å². The Hall–Kier alpha value is 0.394. The lowest BCUT2D eigenvalue weighted by Crippen LogP contribution is -2.41. The zero-order valence-corrected chi connectivity index (χ0v) is 12.2. The van der Waals surface area contributed by atoms with Gasteiger partial charge in [-0.1, -0.05) is 38.9 Å². The lowest BCUT2D eigenvalue weighted by Gasteiger charge is -2.30. The van der Waals surface area contributed by atoms with Crippen LogP contribution in [0.1, 0.15) is 19.8 Å². The van der Waals surface area contributed by atoms with Gasteiger partial charge in [0, 0.05) is 15.2 Å². The Morgan fingerprint density at radius 2 is 1.62 bits per heavy atom. The number of hydrogen-bond acceptors (Lipinski definition) is 1. The second-order valence-corrected chi connectivity index (χ2v) is 15.6. The Labute approximate surface area is 86.0 Å². The molecular formula is C10H26OSi2. The predicted molar refractivity (Wildman–Crippen MR) is 66.5 cm³/mol. The summed E-state index contributed by atoms with van der Waals surface area (Å²) in [5.74, 6) is 0. The molecule has 1 nitrogen and oxygen atoms in total. The summed E-state index contributed by atoms with van der Waals surface area (Å²) in [4.78, 5) is 0. The van der Waals surface area contributed by atoms with E-state index in [1.807, 2.05) is 7.11 Å². The highest BCUT2D eigenvalue weighted by Crippen LogP contribution is 2.25. The second-order valence-electron chi connectivity index (χ2n) is 5.41. The zero-order valence-electron chi connectivity index (χ0n) is 10.2. The van der Waals surface area contributed by atoms with Gasteiger partial charge in [0.25, 0.3) is 0 Å². The van der Waals surface area contributed by atoms with Crippen LogP contribution in [0.15, 0.2) is 0 Å². The molecule has 0 amide bonds. The number of rotatable bonds is 6. The molecule has 0 N–H and O–H groups in total. The highest BCUT2D eigenvalue weighted by Gasteiger charge is 2.31. The molecule has 0 aromatic rings. The third-order valence-electron chi connectivity index (χ3n) is 2.66. The molecule has 0 heterocycles. The van der Waals surface area contributed by atoms with Crippen LogP contribution < -0.4 is 0 Å². The molecule has 0 rings (SSSR count). The zero-order chi connectivity index (χ0) is 10.5. The SMILES string of the molecule is CCCC[Si](C)(C)C[Si](C)(C)OC. The first-order valence-electron chi connectivity index (χ1n) is 5.38. The van der Waals surface area contributed by atoms with Crippen molar-refractivity contribution in [3.63, 3.8) is 0 Å². The molecule has 0 fully saturated rings. The molecule has 0 aliphatic carbocycles. The van der Waals surface area contributed by atoms with Gasteiger partial charge in [-0.2, -0.15) is 0 Å². The van der Waals surface area contributed by atoms with Crippen LogP contribution in [-0.4, -0.2) is 23.5 Å². The lowest BCUT2D eigenvalue weighted by atomic mass is 10.4. The molecule has 0 radical (unpaired) electrons. The minimum Gasteiger partial charge on any atom is -0.421 e. The largest absolute Gasteiger partial charge is 0.421 e. The smallest absolute Gasteiger partial charge is 0.183 e. The molecule has 0 aliphatic heterocycles. The second kappa shape index (κ2) is 5.32. The van der Waals surface area contributed by atoms with Crippen molar-refractivity contribution in [1.82, 2.24) is 0 Å². The maximum Gasteiger partial charge on any atom is 0.183 e. The van der Waals surface area contributed by atoms with Gasteiger partial charge in [0.15, 0.2) is 8.32 Å². The van der Waals surface area contributed by atoms with Crippen LogP contribution >= 0.6 is 0 Å². The van der Waals surface area contributed by atoms with Crippen molar-refractivity contribution >= 4 is 16.4 Å². The molecule has 0 bridgehead atoms. The lowest BCUT2D eigenvalue weighted by molar-refractivity contribution is 0.408. The Morgan fingerprint density at radius 1 is 1.08 bits per heavy atom. The Balaban J connectivity index is 4.00. The first-order valence-corrected chi connectivity index (χ1v) is 11.9. The fourth-order valence-electron chi connectivity index (χ4n) is 1.97. The summed E-state index contributed by atoms with van der Waals surface area (Å²) < 4.78 is 5.63. The van der Waals surface area contributed by atoms with Crippen molar-refractivity contribution in [3.05, 3.63) is 0 Å². The van der Waals surface area contributed by atoms with Gasteiger partial charge in [-0.3, -0.25) is 0 Å². The van der Waals surface area contributed by atoms with Crippen LogP contribution in [0, 0.1) is 0 Å². The van der Waals surface area contributed by atoms with Gasteiger partial charge in [-0.05, 0) is 18.8 Å². The molecule has 0 saturated carbocycles. The van der Waals surface area contributed by atoms with Gasteiger partial charge in [0.2, 0.25) is 0 Å². The van der Waals surface area contributed by atoms with E-state index in [0.29, 0.717) is 0 Å². The first-order chi connectivity index (χ1) is 5.83. The molecule has 80 valence electrons. The quantitative estimate of drug-likeness (QED) is 0.615. The normalized spacial score (nSPS) is 13.4. The molecule has 0 aromatic carbocycles. The van der Waals surface area contributed by atoms with Crippen molar-refractivity contribution < 1.29 is 4.43 Å². The van der Waals surface area contributed by atoms with Crippen LogP contribution in [0.5, 0.6) is 0 Å². The van der Waals surface area contributed by atoms with E-state index in [-0.39, 0.29) is 0 Å². The summed E-state index contributed by atoms with van der Waals surface area (Å²) in [6, 6.07) is 1.48. The van der Waals surface area contributed by atoms with E-state index in [2.05, 4.69) is 33.1 Å². The van der Waals surface area contributed by atoms with Gasteiger partial charge in [-0.15, -0.1) is 0 Å². The highest BCUT2D eigenvalue weighted by molar-refractivity contribution is 6.92. The standard InChI is InChI=1S/C10H26OSi2/c1-7-8-9-12(3,4)10-13(5,6)11-2/h7-10H2,1-6H3. The summed E-state index contributed by atoms with van der Waals surface area (Å²) in [5, 5.41) is 0. The summed E-state index contributed by atoms with van der Waals surface area (Å²) in [5.41, 5.74) is 1.41. The molecule has 0 aliphatic rings. The topological polar surface area (TPSA) is 9.23 Å². The van der Waals surface area contributed by atoms with E-state index < -0.39 is 16.4 Å². The van der Waals surface area contributed by atoms with E-state index >= 15 is 0 Å². The van der Waals surface area contributed by atoms with Crippen LogP contribution in [-0.2, 0) is 4.43 Å². The summed E-state index contributed by atoms with van der Waals surface area (Å²) in [7, 11) is -0.359. The fourth-order valence-corrected chi connectivity index (χ4v) is 13.8. The van der Waals surface area contributed by atoms with Crippen molar-refractivity contribution in [2.45, 2.75) is 57.7 Å². The summed E-state index contributed by atoms with van der Waals surface area (Å²) in [6.45, 7) is 12.0. The van der Waals surface area contributed by atoms with Gasteiger partial charge in [-0.25, -0.2) is 0 Å². The van der Waals surface area contributed by atoms with Crippen LogP contribution in [0.4, 0.5) is 0 Å². The molecule has 0 unspecified atom stereocenters. The maximum absolute atomic E-state index is 5.63. The molecule has 0 aromatic heterocycles. The van der Waals surface area contributed by atoms with Gasteiger partial charge in [0.1, 0.15) is 0 Å². The Bertz CT molecular complexity index is 144. The summed E-state index contributed by atoms with van der Waals surface area (Å²) >= 11 is 0. The minimum atomic E-state index is -1.30. The number of hydrogen-bond donors (Lipinski definition) is 0. The average molecular weight is 218 g/mol. The Kier molecular flexibility index (Phi) is 5.48. The van der Waals surface area contributed by atoms with Crippen molar-refractivity contribution in [2.24, 2.45) is 0 Å². The highest BCUT2D eigenvalue weighted by atomic mass is 28.4. The van der Waals surface area contributed by atoms with Gasteiger partial charge >= 0.3 is 0 Å². The van der Waals surface area contributed by atoms with Crippen molar-refractivity contribution in [2.75, 3.05) is 7.11 Å². The third kappa shape index (κ3) is 6.46. The van der Waals surface area contributed by atoms with Crippen LogP contribution in [0.2, 0.25) is 37.9 Å². The molecule has 13 heavy (non-hydrogen) atoms. The number of unbranched alkanes of at least 4 members (excludes halogenated alkanes) is 1. The minimum absolute atomic E-state index is 0.944. The first kappa shape index (κ1) is 13.4. The maximum atomic E-state index is 5.63. The predicted octanol–water partition coefficient (Wildman–Crippen LogP) is 3.89. The third-order valence-corrected chi connectivity index (χ3v) is 12.7. The van der Waals surface area contributed by atoms with Crippen LogP contribution in [0.3, 0.4) is 0 Å². The van der Waals surface area contributed by atoms with E-state index in [1.165, 1.54) is 24.6 Å². The molecule has 0 saturated heterocycles. The van der Waals surface area contributed by atoms with E-state index in [0.717, 1.165) is 0 Å². The monoisotopic (exact) mass is 218 g/mol. The van der Waals surface area contributed by atoms with Gasteiger partial charge < -0.3 is 4.43 Å². The summed E-state index contributed by atoms with van der Waals surface area (Å²) in [6.07, 6.45) is 2.75. The molecule has 0 atom stereocenters. The molecule has 3 heteroatoms.